The van der Waals surface area contributed by atoms with Crippen molar-refractivity contribution in [3.8, 4) is 11.6 Å². The van der Waals surface area contributed by atoms with Crippen LogP contribution >= 0.6 is 12.4 Å². The number of aromatic nitrogens is 4. The van der Waals surface area contributed by atoms with E-state index >= 15 is 0 Å². The van der Waals surface area contributed by atoms with E-state index in [4.69, 9.17) is 0 Å². The molecular weight excluding hydrogens is 411 g/mol. The molecule has 1 aliphatic rings. The Hall–Kier alpha value is -3.17. The molecule has 0 aliphatic carbocycles. The SMILES string of the molecule is Cc1nc(-c2ncccn2)[nH]c(=O)c1CC(=O)Nc1ccc2c(c1F)CCNC2.Cl. The van der Waals surface area contributed by atoms with Gasteiger partial charge in [-0.2, -0.15) is 0 Å². The molecule has 3 aromatic rings. The number of hydrogen-bond donors (Lipinski definition) is 3. The van der Waals surface area contributed by atoms with Crippen LogP contribution in [0.3, 0.4) is 0 Å². The summed E-state index contributed by atoms with van der Waals surface area (Å²) in [6.45, 7) is 2.94. The smallest absolute Gasteiger partial charge is 0.255 e. The molecule has 0 atom stereocenters. The highest BCUT2D eigenvalue weighted by atomic mass is 35.5. The predicted molar refractivity (Wildman–Crippen MR) is 112 cm³/mol. The van der Waals surface area contributed by atoms with Gasteiger partial charge in [-0.05, 0) is 43.1 Å². The molecule has 1 amide bonds. The van der Waals surface area contributed by atoms with Crippen LogP contribution in [-0.4, -0.2) is 32.4 Å². The predicted octanol–water partition coefficient (Wildman–Crippen LogP) is 1.92. The highest BCUT2D eigenvalue weighted by Gasteiger charge is 2.19. The molecule has 10 heteroatoms. The molecular formula is C20H20ClFN6O2. The third kappa shape index (κ3) is 4.37. The summed E-state index contributed by atoms with van der Waals surface area (Å²) < 4.78 is 14.7. The number of aryl methyl sites for hydroxylation is 1. The van der Waals surface area contributed by atoms with Gasteiger partial charge < -0.3 is 15.6 Å². The first kappa shape index (κ1) is 21.5. The molecule has 0 radical (unpaired) electrons. The highest BCUT2D eigenvalue weighted by Crippen LogP contribution is 2.24. The van der Waals surface area contributed by atoms with E-state index in [0.717, 1.165) is 5.56 Å². The Morgan fingerprint density at radius 1 is 1.27 bits per heavy atom. The second-order valence-electron chi connectivity index (χ2n) is 6.77. The Kier molecular flexibility index (Phi) is 6.53. The van der Waals surface area contributed by atoms with Gasteiger partial charge in [0.2, 0.25) is 5.91 Å². The Labute approximate surface area is 177 Å². The van der Waals surface area contributed by atoms with Crippen molar-refractivity contribution in [3.05, 3.63) is 69.1 Å². The summed E-state index contributed by atoms with van der Waals surface area (Å²) >= 11 is 0. The number of H-pyrrole nitrogens is 1. The number of fused-ring (bicyclic) bond motifs is 1. The van der Waals surface area contributed by atoms with Gasteiger partial charge in [0, 0.05) is 30.2 Å². The van der Waals surface area contributed by atoms with E-state index in [1.807, 2.05) is 0 Å². The van der Waals surface area contributed by atoms with Gasteiger partial charge in [-0.15, -0.1) is 12.4 Å². The minimum Gasteiger partial charge on any atom is -0.323 e. The van der Waals surface area contributed by atoms with E-state index in [2.05, 4.69) is 30.6 Å². The number of amides is 1. The largest absolute Gasteiger partial charge is 0.323 e. The van der Waals surface area contributed by atoms with E-state index in [0.29, 0.717) is 30.8 Å². The van der Waals surface area contributed by atoms with Gasteiger partial charge in [0.1, 0.15) is 5.82 Å². The molecule has 0 fully saturated rings. The Balaban J connectivity index is 0.00000256. The van der Waals surface area contributed by atoms with Crippen molar-refractivity contribution in [3.63, 3.8) is 0 Å². The number of halogens is 2. The lowest BCUT2D eigenvalue weighted by atomic mass is 9.99. The lowest BCUT2D eigenvalue weighted by Crippen LogP contribution is -2.26. The molecule has 2 aromatic heterocycles. The van der Waals surface area contributed by atoms with Crippen molar-refractivity contribution in [1.82, 2.24) is 25.3 Å². The number of nitrogens with one attached hydrogen (secondary N) is 3. The van der Waals surface area contributed by atoms with Gasteiger partial charge >= 0.3 is 0 Å². The van der Waals surface area contributed by atoms with E-state index in [9.17, 15) is 14.0 Å². The van der Waals surface area contributed by atoms with Crippen LogP contribution in [0.1, 0.15) is 22.4 Å². The van der Waals surface area contributed by atoms with Crippen LogP contribution in [0.5, 0.6) is 0 Å². The van der Waals surface area contributed by atoms with Gasteiger partial charge in [0.25, 0.3) is 5.56 Å². The zero-order valence-electron chi connectivity index (χ0n) is 16.2. The van der Waals surface area contributed by atoms with Gasteiger partial charge in [-0.1, -0.05) is 6.07 Å². The van der Waals surface area contributed by atoms with Crippen LogP contribution in [-0.2, 0) is 24.2 Å². The molecule has 0 saturated carbocycles. The maximum absolute atomic E-state index is 14.7. The number of nitrogens with zero attached hydrogens (tertiary/aromatic N) is 3. The van der Waals surface area contributed by atoms with Crippen molar-refractivity contribution in [1.29, 1.82) is 0 Å². The van der Waals surface area contributed by atoms with Gasteiger partial charge in [0.15, 0.2) is 11.6 Å². The van der Waals surface area contributed by atoms with E-state index in [-0.39, 0.29) is 41.7 Å². The van der Waals surface area contributed by atoms with Crippen LogP contribution in [0, 0.1) is 12.7 Å². The van der Waals surface area contributed by atoms with Crippen LogP contribution in [0.2, 0.25) is 0 Å². The number of anilines is 1. The molecule has 0 saturated heterocycles. The molecule has 0 bridgehead atoms. The monoisotopic (exact) mass is 430 g/mol. The fraction of sp³-hybridized carbons (Fsp3) is 0.250. The molecule has 8 nitrogen and oxygen atoms in total. The van der Waals surface area contributed by atoms with E-state index < -0.39 is 17.3 Å². The maximum atomic E-state index is 14.7. The summed E-state index contributed by atoms with van der Waals surface area (Å²) in [7, 11) is 0. The summed E-state index contributed by atoms with van der Waals surface area (Å²) in [5, 5.41) is 5.75. The maximum Gasteiger partial charge on any atom is 0.255 e. The van der Waals surface area contributed by atoms with E-state index in [1.54, 1.807) is 37.5 Å². The standard InChI is InChI=1S/C20H19FN6O2.ClH/c1-11-14(20(29)27-19(25-11)18-23-6-2-7-24-18)9-16(28)26-15-4-3-12-10-22-8-5-13(12)17(15)21;/h2-4,6-7,22H,5,8-10H2,1H3,(H,26,28)(H,25,27,29);1H. The van der Waals surface area contributed by atoms with Crippen LogP contribution in [0.15, 0.2) is 35.4 Å². The molecule has 4 rings (SSSR count). The van der Waals surface area contributed by atoms with Gasteiger partial charge in [0.05, 0.1) is 12.1 Å². The fourth-order valence-electron chi connectivity index (χ4n) is 3.33. The molecule has 3 N–H and O–H groups in total. The van der Waals surface area contributed by atoms with Gasteiger partial charge in [-0.3, -0.25) is 9.59 Å². The highest BCUT2D eigenvalue weighted by molar-refractivity contribution is 5.92. The molecule has 1 aromatic carbocycles. The normalized spacial score (nSPS) is 12.6. The first-order chi connectivity index (χ1) is 14.0. The number of carbonyl (C=O) groups excluding carboxylic acids is 1. The van der Waals surface area contributed by atoms with Crippen molar-refractivity contribution in [2.75, 3.05) is 11.9 Å². The zero-order valence-corrected chi connectivity index (χ0v) is 17.0. The second-order valence-corrected chi connectivity index (χ2v) is 6.77. The molecule has 30 heavy (non-hydrogen) atoms. The Morgan fingerprint density at radius 3 is 2.77 bits per heavy atom. The summed E-state index contributed by atoms with van der Waals surface area (Å²) in [6, 6.07) is 5.00. The topological polar surface area (TPSA) is 113 Å². The average molecular weight is 431 g/mol. The second kappa shape index (κ2) is 9.10. The summed E-state index contributed by atoms with van der Waals surface area (Å²) in [5.74, 6) is -0.393. The quantitative estimate of drug-likeness (QED) is 0.583. The Morgan fingerprint density at radius 2 is 2.03 bits per heavy atom. The first-order valence-electron chi connectivity index (χ1n) is 9.21. The minimum absolute atomic E-state index is 0. The number of hydrogen-bond acceptors (Lipinski definition) is 6. The first-order valence-corrected chi connectivity index (χ1v) is 9.21. The third-order valence-electron chi connectivity index (χ3n) is 4.82. The average Bonchev–Trinajstić information content (AvgIpc) is 2.73. The minimum atomic E-state index is -0.489. The fourth-order valence-corrected chi connectivity index (χ4v) is 3.33. The zero-order chi connectivity index (χ0) is 20.4. The van der Waals surface area contributed by atoms with Crippen molar-refractivity contribution in [2.45, 2.75) is 26.3 Å². The Bertz CT molecular complexity index is 1140. The lowest BCUT2D eigenvalue weighted by molar-refractivity contribution is -0.115. The van der Waals surface area contributed by atoms with Crippen LogP contribution in [0.25, 0.3) is 11.6 Å². The number of aromatic amines is 1. The molecule has 0 unspecified atom stereocenters. The van der Waals surface area contributed by atoms with Gasteiger partial charge in [-0.25, -0.2) is 19.3 Å². The van der Waals surface area contributed by atoms with Crippen molar-refractivity contribution < 1.29 is 9.18 Å². The lowest BCUT2D eigenvalue weighted by Gasteiger charge is -2.19. The molecule has 3 heterocycles. The molecule has 0 spiro atoms. The number of carbonyl (C=O) groups is 1. The van der Waals surface area contributed by atoms with Crippen LogP contribution < -0.4 is 16.2 Å². The van der Waals surface area contributed by atoms with E-state index in [1.165, 1.54) is 0 Å². The summed E-state index contributed by atoms with van der Waals surface area (Å²) in [4.78, 5) is 39.9. The number of rotatable bonds is 4. The molecule has 156 valence electrons. The molecule has 1 aliphatic heterocycles. The third-order valence-corrected chi connectivity index (χ3v) is 4.82. The number of benzene rings is 1. The van der Waals surface area contributed by atoms with Crippen LogP contribution in [0.4, 0.5) is 10.1 Å². The summed E-state index contributed by atoms with van der Waals surface area (Å²) in [6.07, 6.45) is 3.43. The van der Waals surface area contributed by atoms with Crippen molar-refractivity contribution >= 4 is 24.0 Å². The summed E-state index contributed by atoms with van der Waals surface area (Å²) in [5.41, 5.74) is 1.78. The van der Waals surface area contributed by atoms with Crippen molar-refractivity contribution in [2.24, 2.45) is 0 Å².